The Labute approximate surface area is 123 Å². The van der Waals surface area contributed by atoms with Gasteiger partial charge in [0, 0.05) is 12.5 Å². The third-order valence-corrected chi connectivity index (χ3v) is 4.83. The zero-order chi connectivity index (χ0) is 13.0. The van der Waals surface area contributed by atoms with Crippen LogP contribution in [0.15, 0.2) is 0 Å². The minimum atomic E-state index is 0. The summed E-state index contributed by atoms with van der Waals surface area (Å²) in [5.74, 6) is 1.03. The fraction of sp³-hybridized carbons (Fsp3) is 0.933. The number of carbonyl (C=O) groups is 1. The van der Waals surface area contributed by atoms with E-state index in [2.05, 4.69) is 24.5 Å². The van der Waals surface area contributed by atoms with Gasteiger partial charge >= 0.3 is 0 Å². The van der Waals surface area contributed by atoms with E-state index in [1.807, 2.05) is 0 Å². The topological polar surface area (TPSA) is 41.1 Å². The predicted molar refractivity (Wildman–Crippen MR) is 81.6 cm³/mol. The SMILES string of the molecule is CC1(C)CCCC1NC(=O)CCC1CCNCC1.Cl. The number of hydrogen-bond donors (Lipinski definition) is 2. The molecule has 0 radical (unpaired) electrons. The smallest absolute Gasteiger partial charge is 0.220 e. The number of rotatable bonds is 4. The molecule has 112 valence electrons. The molecular formula is C15H29ClN2O. The average Bonchev–Trinajstić information content (AvgIpc) is 2.68. The van der Waals surface area contributed by atoms with Gasteiger partial charge in [0.2, 0.25) is 5.91 Å². The Hall–Kier alpha value is -0.280. The second kappa shape index (κ2) is 7.49. The highest BCUT2D eigenvalue weighted by Gasteiger charge is 2.35. The first kappa shape index (κ1) is 16.8. The zero-order valence-corrected chi connectivity index (χ0v) is 13.2. The largest absolute Gasteiger partial charge is 0.353 e. The van der Waals surface area contributed by atoms with Crippen LogP contribution in [0.2, 0.25) is 0 Å². The maximum absolute atomic E-state index is 12.0. The molecule has 1 unspecified atom stereocenters. The van der Waals surface area contributed by atoms with Crippen molar-refractivity contribution >= 4 is 18.3 Å². The van der Waals surface area contributed by atoms with Crippen LogP contribution in [0.25, 0.3) is 0 Å². The van der Waals surface area contributed by atoms with Crippen molar-refractivity contribution in [1.29, 1.82) is 0 Å². The summed E-state index contributed by atoms with van der Waals surface area (Å²) < 4.78 is 0. The molecule has 2 rings (SSSR count). The Morgan fingerprint density at radius 1 is 1.26 bits per heavy atom. The summed E-state index contributed by atoms with van der Waals surface area (Å²) in [6.45, 7) is 6.80. The van der Waals surface area contributed by atoms with Crippen molar-refractivity contribution in [2.24, 2.45) is 11.3 Å². The monoisotopic (exact) mass is 288 g/mol. The number of halogens is 1. The van der Waals surface area contributed by atoms with E-state index in [0.29, 0.717) is 11.5 Å². The van der Waals surface area contributed by atoms with E-state index in [9.17, 15) is 4.79 Å². The second-order valence-corrected chi connectivity index (χ2v) is 6.73. The minimum absolute atomic E-state index is 0. The standard InChI is InChI=1S/C15H28N2O.ClH/c1-15(2)9-3-4-13(15)17-14(18)6-5-12-7-10-16-11-8-12;/h12-13,16H,3-11H2,1-2H3,(H,17,18);1H. The maximum atomic E-state index is 12.0. The quantitative estimate of drug-likeness (QED) is 0.835. The molecule has 1 saturated heterocycles. The van der Waals surface area contributed by atoms with Crippen LogP contribution in [0.1, 0.15) is 58.8 Å². The molecule has 2 fully saturated rings. The first-order valence-corrected chi connectivity index (χ1v) is 7.58. The fourth-order valence-electron chi connectivity index (χ4n) is 3.37. The van der Waals surface area contributed by atoms with Gasteiger partial charge in [0.15, 0.2) is 0 Å². The van der Waals surface area contributed by atoms with Crippen LogP contribution in [0.4, 0.5) is 0 Å². The Morgan fingerprint density at radius 2 is 1.95 bits per heavy atom. The fourth-order valence-corrected chi connectivity index (χ4v) is 3.37. The highest BCUT2D eigenvalue weighted by molar-refractivity contribution is 5.85. The second-order valence-electron chi connectivity index (χ2n) is 6.73. The van der Waals surface area contributed by atoms with Gasteiger partial charge < -0.3 is 10.6 Å². The van der Waals surface area contributed by atoms with Crippen molar-refractivity contribution < 1.29 is 4.79 Å². The van der Waals surface area contributed by atoms with Gasteiger partial charge in [0.05, 0.1) is 0 Å². The van der Waals surface area contributed by atoms with Crippen LogP contribution in [0.5, 0.6) is 0 Å². The predicted octanol–water partition coefficient (Wildman–Crippen LogP) is 2.88. The third kappa shape index (κ3) is 4.96. The molecule has 2 aliphatic rings. The molecular weight excluding hydrogens is 260 g/mol. The van der Waals surface area contributed by atoms with Crippen LogP contribution >= 0.6 is 12.4 Å². The van der Waals surface area contributed by atoms with Crippen molar-refractivity contribution in [3.63, 3.8) is 0 Å². The van der Waals surface area contributed by atoms with E-state index in [1.165, 1.54) is 25.7 Å². The van der Waals surface area contributed by atoms with E-state index >= 15 is 0 Å². The molecule has 1 atom stereocenters. The van der Waals surface area contributed by atoms with Crippen LogP contribution in [-0.4, -0.2) is 25.0 Å². The molecule has 0 aromatic carbocycles. The average molecular weight is 289 g/mol. The van der Waals surface area contributed by atoms with Gasteiger partial charge in [-0.15, -0.1) is 12.4 Å². The van der Waals surface area contributed by atoms with Crippen LogP contribution < -0.4 is 10.6 Å². The Kier molecular flexibility index (Phi) is 6.61. The number of carbonyl (C=O) groups excluding carboxylic acids is 1. The molecule has 1 aliphatic heterocycles. The van der Waals surface area contributed by atoms with Gasteiger partial charge in [0.1, 0.15) is 0 Å². The van der Waals surface area contributed by atoms with Gasteiger partial charge in [-0.1, -0.05) is 20.3 Å². The van der Waals surface area contributed by atoms with E-state index in [1.54, 1.807) is 0 Å². The lowest BCUT2D eigenvalue weighted by Crippen LogP contribution is -2.41. The molecule has 0 aromatic rings. The molecule has 4 heteroatoms. The first-order chi connectivity index (χ1) is 8.58. The molecule has 19 heavy (non-hydrogen) atoms. The molecule has 2 N–H and O–H groups in total. The van der Waals surface area contributed by atoms with Crippen LogP contribution in [0, 0.1) is 11.3 Å². The molecule has 0 aromatic heterocycles. The van der Waals surface area contributed by atoms with Crippen LogP contribution in [0.3, 0.4) is 0 Å². The van der Waals surface area contributed by atoms with Gasteiger partial charge in [-0.3, -0.25) is 4.79 Å². The molecule has 1 amide bonds. The van der Waals surface area contributed by atoms with Gasteiger partial charge in [-0.05, 0) is 56.5 Å². The summed E-state index contributed by atoms with van der Waals surface area (Å²) in [6, 6.07) is 0.401. The van der Waals surface area contributed by atoms with Crippen molar-refractivity contribution in [2.75, 3.05) is 13.1 Å². The molecule has 1 aliphatic carbocycles. The first-order valence-electron chi connectivity index (χ1n) is 7.58. The summed E-state index contributed by atoms with van der Waals surface area (Å²) in [5, 5.41) is 6.63. The summed E-state index contributed by atoms with van der Waals surface area (Å²) in [7, 11) is 0. The summed E-state index contributed by atoms with van der Waals surface area (Å²) in [6.07, 6.45) is 7.92. The van der Waals surface area contributed by atoms with Crippen molar-refractivity contribution in [1.82, 2.24) is 10.6 Å². The maximum Gasteiger partial charge on any atom is 0.220 e. The van der Waals surface area contributed by atoms with E-state index in [4.69, 9.17) is 0 Å². The minimum Gasteiger partial charge on any atom is -0.353 e. The summed E-state index contributed by atoms with van der Waals surface area (Å²) in [4.78, 5) is 12.0. The van der Waals surface area contributed by atoms with E-state index in [0.717, 1.165) is 38.3 Å². The highest BCUT2D eigenvalue weighted by atomic mass is 35.5. The number of hydrogen-bond acceptors (Lipinski definition) is 2. The third-order valence-electron chi connectivity index (χ3n) is 4.83. The molecule has 3 nitrogen and oxygen atoms in total. The molecule has 1 heterocycles. The van der Waals surface area contributed by atoms with E-state index in [-0.39, 0.29) is 18.3 Å². The van der Waals surface area contributed by atoms with Crippen molar-refractivity contribution in [3.05, 3.63) is 0 Å². The molecule has 0 spiro atoms. The highest BCUT2D eigenvalue weighted by Crippen LogP contribution is 2.37. The van der Waals surface area contributed by atoms with Gasteiger partial charge in [0.25, 0.3) is 0 Å². The Bertz CT molecular complexity index is 288. The Balaban J connectivity index is 0.00000180. The normalized spacial score (nSPS) is 26.7. The molecule has 1 saturated carbocycles. The van der Waals surface area contributed by atoms with Crippen molar-refractivity contribution in [3.8, 4) is 0 Å². The summed E-state index contributed by atoms with van der Waals surface area (Å²) in [5.41, 5.74) is 0.296. The number of nitrogens with one attached hydrogen (secondary N) is 2. The van der Waals surface area contributed by atoms with Gasteiger partial charge in [-0.25, -0.2) is 0 Å². The molecule has 0 bridgehead atoms. The van der Waals surface area contributed by atoms with Crippen molar-refractivity contribution in [2.45, 2.75) is 64.8 Å². The van der Waals surface area contributed by atoms with Crippen LogP contribution in [-0.2, 0) is 4.79 Å². The number of amides is 1. The lowest BCUT2D eigenvalue weighted by molar-refractivity contribution is -0.122. The lowest BCUT2D eigenvalue weighted by Gasteiger charge is -2.28. The van der Waals surface area contributed by atoms with Gasteiger partial charge in [-0.2, -0.15) is 0 Å². The summed E-state index contributed by atoms with van der Waals surface area (Å²) >= 11 is 0. The zero-order valence-electron chi connectivity index (χ0n) is 12.3. The Morgan fingerprint density at radius 3 is 2.53 bits per heavy atom. The lowest BCUT2D eigenvalue weighted by atomic mass is 9.87. The van der Waals surface area contributed by atoms with E-state index < -0.39 is 0 Å². The number of piperidine rings is 1.